The standard InChI is InChI=1S/C39H51FN6O10S/c1-22-7-5-6-8-24-19-39(24,36(49)44-57(52,53)38(3)9-10-38)43-33(47)29-16-25(21-46(29)35(48)32(23(2)15-22)42-37(50)51)56-34-27-17-28(40)31(54-4)18-26(27)30(20-41-34)45-11-13-55-14-12-45/h6,8,17-18,20,22-25,29,32,42H,5,7,9-16,19,21H2,1-4H3,(H,43,47)(H,44,49)(H,50,51)/b8-6-/t22-,23-,24?,25-,29+,32+,39?/m1/s1. The van der Waals surface area contributed by atoms with Crippen molar-refractivity contribution in [2.75, 3.05) is 44.9 Å². The van der Waals surface area contributed by atoms with Crippen LogP contribution in [0.2, 0.25) is 0 Å². The van der Waals surface area contributed by atoms with Crippen molar-refractivity contribution < 1.29 is 51.3 Å². The van der Waals surface area contributed by atoms with Crippen molar-refractivity contribution >= 4 is 50.3 Å². The first-order chi connectivity index (χ1) is 27.1. The molecule has 7 rings (SSSR count). The highest BCUT2D eigenvalue weighted by atomic mass is 32.2. The molecule has 18 heteroatoms. The van der Waals surface area contributed by atoms with Crippen LogP contribution in [0.5, 0.6) is 11.6 Å². The molecule has 4 amide bonds. The summed E-state index contributed by atoms with van der Waals surface area (Å²) in [4.78, 5) is 62.8. The van der Waals surface area contributed by atoms with Crippen LogP contribution in [0, 0.1) is 23.6 Å². The molecule has 2 saturated carbocycles. The van der Waals surface area contributed by atoms with Gasteiger partial charge in [-0.1, -0.05) is 26.0 Å². The van der Waals surface area contributed by atoms with Crippen LogP contribution in [0.25, 0.3) is 10.8 Å². The van der Waals surface area contributed by atoms with Gasteiger partial charge in [0.25, 0.3) is 5.91 Å². The quantitative estimate of drug-likeness (QED) is 0.284. The van der Waals surface area contributed by atoms with E-state index in [1.807, 2.05) is 19.1 Å². The lowest BCUT2D eigenvalue weighted by Gasteiger charge is -2.32. The summed E-state index contributed by atoms with van der Waals surface area (Å²) >= 11 is 0. The van der Waals surface area contributed by atoms with Crippen molar-refractivity contribution in [1.29, 1.82) is 0 Å². The second kappa shape index (κ2) is 15.6. The second-order valence-corrected chi connectivity index (χ2v) is 18.7. The molecule has 2 aromatic rings. The number of nitrogens with one attached hydrogen (secondary N) is 3. The number of anilines is 1. The van der Waals surface area contributed by atoms with Gasteiger partial charge in [0, 0.05) is 36.2 Å². The predicted molar refractivity (Wildman–Crippen MR) is 206 cm³/mol. The summed E-state index contributed by atoms with van der Waals surface area (Å²) in [6, 6.07) is 0.363. The molecule has 7 atom stereocenters. The van der Waals surface area contributed by atoms with E-state index in [2.05, 4.69) is 25.2 Å². The first kappa shape index (κ1) is 40.5. The van der Waals surface area contributed by atoms with E-state index in [4.69, 9.17) is 14.2 Å². The maximum atomic E-state index is 15.3. The maximum absolute atomic E-state index is 15.3. The van der Waals surface area contributed by atoms with Gasteiger partial charge in [-0.25, -0.2) is 22.6 Å². The minimum absolute atomic E-state index is 0.0221. The van der Waals surface area contributed by atoms with Crippen LogP contribution in [0.3, 0.4) is 0 Å². The third-order valence-electron chi connectivity index (χ3n) is 12.3. The molecule has 3 aliphatic heterocycles. The number of benzene rings is 1. The highest BCUT2D eigenvalue weighted by Gasteiger charge is 2.63. The third-order valence-corrected chi connectivity index (χ3v) is 14.4. The molecule has 4 N–H and O–H groups in total. The van der Waals surface area contributed by atoms with Gasteiger partial charge < -0.3 is 39.8 Å². The molecule has 310 valence electrons. The number of carbonyl (C=O) groups excluding carboxylic acids is 3. The highest BCUT2D eigenvalue weighted by Crippen LogP contribution is 2.48. The predicted octanol–water partition coefficient (Wildman–Crippen LogP) is 3.09. The van der Waals surface area contributed by atoms with Gasteiger partial charge in [0.1, 0.15) is 23.7 Å². The molecule has 1 aromatic heterocycles. The van der Waals surface area contributed by atoms with Gasteiger partial charge >= 0.3 is 6.09 Å². The minimum Gasteiger partial charge on any atom is -0.494 e. The number of ether oxygens (including phenoxy) is 3. The number of amides is 4. The Kier molecular flexibility index (Phi) is 11.1. The fourth-order valence-corrected chi connectivity index (χ4v) is 9.71. The average molecular weight is 815 g/mol. The summed E-state index contributed by atoms with van der Waals surface area (Å²) in [5, 5.41) is 16.0. The van der Waals surface area contributed by atoms with Crippen LogP contribution >= 0.6 is 0 Å². The fourth-order valence-electron chi connectivity index (χ4n) is 8.40. The van der Waals surface area contributed by atoms with Gasteiger partial charge in [0.15, 0.2) is 11.6 Å². The number of carboxylic acid groups (broad SMARTS) is 1. The van der Waals surface area contributed by atoms with Crippen LogP contribution < -0.4 is 29.7 Å². The number of allylic oxidation sites excluding steroid dienone is 1. The highest BCUT2D eigenvalue weighted by molar-refractivity contribution is 7.91. The Morgan fingerprint density at radius 2 is 1.86 bits per heavy atom. The molecule has 0 bridgehead atoms. The maximum Gasteiger partial charge on any atom is 0.405 e. The molecule has 16 nitrogen and oxygen atoms in total. The Morgan fingerprint density at radius 3 is 2.54 bits per heavy atom. The lowest BCUT2D eigenvalue weighted by atomic mass is 9.88. The molecule has 4 heterocycles. The normalized spacial score (nSPS) is 30.8. The van der Waals surface area contributed by atoms with Crippen molar-refractivity contribution in [2.45, 2.75) is 94.2 Å². The zero-order valence-corrected chi connectivity index (χ0v) is 33.4. The number of halogens is 1. The van der Waals surface area contributed by atoms with Crippen molar-refractivity contribution in [3.8, 4) is 11.6 Å². The van der Waals surface area contributed by atoms with Crippen molar-refractivity contribution in [3.63, 3.8) is 0 Å². The molecule has 0 radical (unpaired) electrons. The van der Waals surface area contributed by atoms with Crippen LogP contribution in [0.1, 0.15) is 65.7 Å². The minimum atomic E-state index is -4.04. The van der Waals surface area contributed by atoms with E-state index in [1.54, 1.807) is 26.1 Å². The summed E-state index contributed by atoms with van der Waals surface area (Å²) in [6.07, 6.45) is 5.75. The number of pyridine rings is 1. The van der Waals surface area contributed by atoms with Gasteiger partial charge in [-0.05, 0) is 69.4 Å². The largest absolute Gasteiger partial charge is 0.494 e. The van der Waals surface area contributed by atoms with Gasteiger partial charge in [-0.2, -0.15) is 0 Å². The van der Waals surface area contributed by atoms with Gasteiger partial charge in [-0.15, -0.1) is 0 Å². The zero-order chi connectivity index (χ0) is 40.9. The van der Waals surface area contributed by atoms with Crippen molar-refractivity contribution in [2.24, 2.45) is 17.8 Å². The molecular weight excluding hydrogens is 764 g/mol. The summed E-state index contributed by atoms with van der Waals surface area (Å²) in [6.45, 7) is 7.34. The molecule has 2 saturated heterocycles. The summed E-state index contributed by atoms with van der Waals surface area (Å²) in [7, 11) is -2.67. The number of aromatic nitrogens is 1. The molecule has 5 aliphatic rings. The van der Waals surface area contributed by atoms with Gasteiger partial charge in [0.2, 0.25) is 27.7 Å². The number of hydrogen-bond donors (Lipinski definition) is 4. The Morgan fingerprint density at radius 1 is 1.12 bits per heavy atom. The van der Waals surface area contributed by atoms with Crippen molar-refractivity contribution in [1.82, 2.24) is 25.2 Å². The van der Waals surface area contributed by atoms with E-state index >= 15 is 4.39 Å². The molecule has 4 fully saturated rings. The summed E-state index contributed by atoms with van der Waals surface area (Å²) in [5.41, 5.74) is -0.881. The van der Waals surface area contributed by atoms with Gasteiger partial charge in [-0.3, -0.25) is 19.1 Å². The van der Waals surface area contributed by atoms with E-state index < -0.39 is 80.0 Å². The van der Waals surface area contributed by atoms with Crippen molar-refractivity contribution in [3.05, 3.63) is 36.3 Å². The Hall–Kier alpha value is -4.71. The first-order valence-electron chi connectivity index (χ1n) is 19.6. The fraction of sp³-hybridized carbons (Fsp3) is 0.615. The summed E-state index contributed by atoms with van der Waals surface area (Å²) in [5.74, 6) is -3.69. The van der Waals surface area contributed by atoms with E-state index in [-0.39, 0.29) is 36.9 Å². The number of morpholine rings is 1. The molecule has 1 aromatic carbocycles. The average Bonchev–Trinajstić information content (AvgIpc) is 4.05. The van der Waals surface area contributed by atoms with Crippen LogP contribution in [-0.4, -0.2) is 116 Å². The Balaban J connectivity index is 1.23. The molecule has 2 aliphatic carbocycles. The van der Waals surface area contributed by atoms with E-state index in [0.29, 0.717) is 74.9 Å². The molecule has 0 spiro atoms. The van der Waals surface area contributed by atoms with E-state index in [0.717, 1.165) is 0 Å². The van der Waals surface area contributed by atoms with Crippen LogP contribution in [-0.2, 0) is 29.1 Å². The smallest absolute Gasteiger partial charge is 0.405 e. The van der Waals surface area contributed by atoms with E-state index in [1.165, 1.54) is 18.1 Å². The summed E-state index contributed by atoms with van der Waals surface area (Å²) < 4.78 is 60.0. The number of hydrogen-bond acceptors (Lipinski definition) is 11. The number of nitrogens with zero attached hydrogens (tertiary/aromatic N) is 3. The third kappa shape index (κ3) is 8.07. The molecule has 57 heavy (non-hydrogen) atoms. The number of carbonyl (C=O) groups is 4. The molecule has 2 unspecified atom stereocenters. The first-order valence-corrected chi connectivity index (χ1v) is 21.0. The lowest BCUT2D eigenvalue weighted by Crippen LogP contribution is -2.59. The zero-order valence-electron chi connectivity index (χ0n) is 32.6. The monoisotopic (exact) mass is 814 g/mol. The second-order valence-electron chi connectivity index (χ2n) is 16.5. The molecular formula is C39H51FN6O10S. The number of rotatable bonds is 8. The van der Waals surface area contributed by atoms with E-state index in [9.17, 15) is 32.7 Å². The Bertz CT molecular complexity index is 2070. The Labute approximate surface area is 330 Å². The van der Waals surface area contributed by atoms with Gasteiger partial charge in [0.05, 0.1) is 43.5 Å². The number of fused-ring (bicyclic) bond motifs is 3. The SMILES string of the molecule is COc1cc2c(N3CCOCC3)cnc(O[C@@H]3C[C@H]4C(=O)NC5(C(=O)NS(=O)(=O)C6(C)CC6)CC5/C=C\CC[C@@H](C)C[C@@H](C)[C@H](NC(=O)O)C(=O)N4C3)c2cc1F. The number of sulfonamides is 1. The van der Waals surface area contributed by atoms with Crippen LogP contribution in [0.15, 0.2) is 30.5 Å². The number of methoxy groups -OCH3 is 1. The topological polar surface area (TPSA) is 206 Å². The van der Waals surface area contributed by atoms with Crippen LogP contribution in [0.4, 0.5) is 14.9 Å². The lowest BCUT2D eigenvalue weighted by molar-refractivity contribution is -0.142.